The lowest BCUT2D eigenvalue weighted by atomic mass is 9.84. The zero-order valence-electron chi connectivity index (χ0n) is 15.4. The third-order valence-corrected chi connectivity index (χ3v) is 5.55. The summed E-state index contributed by atoms with van der Waals surface area (Å²) in [6, 6.07) is 3.27. The van der Waals surface area contributed by atoms with Crippen molar-refractivity contribution in [1.82, 2.24) is 14.8 Å². The smallest absolute Gasteiger partial charge is 0.354 e. The molecule has 7 nitrogen and oxygen atoms in total. The summed E-state index contributed by atoms with van der Waals surface area (Å²) in [7, 11) is 1.38. The first-order valence-electron chi connectivity index (χ1n) is 9.35. The Balaban J connectivity index is 1.53. The highest BCUT2D eigenvalue weighted by molar-refractivity contribution is 5.89. The van der Waals surface area contributed by atoms with Gasteiger partial charge in [-0.1, -0.05) is 6.42 Å². The summed E-state index contributed by atoms with van der Waals surface area (Å²) in [5.41, 5.74) is 0.540. The van der Waals surface area contributed by atoms with Crippen LogP contribution in [0.4, 0.5) is 0 Å². The van der Waals surface area contributed by atoms with E-state index >= 15 is 0 Å². The first-order valence-corrected chi connectivity index (χ1v) is 9.35. The zero-order chi connectivity index (χ0) is 18.7. The maximum absolute atomic E-state index is 12.6. The molecule has 3 rings (SSSR count). The Morgan fingerprint density at radius 3 is 2.46 bits per heavy atom. The van der Waals surface area contributed by atoms with E-state index < -0.39 is 6.04 Å². The van der Waals surface area contributed by atoms with Crippen molar-refractivity contribution in [2.45, 2.75) is 51.1 Å². The lowest BCUT2D eigenvalue weighted by Gasteiger charge is -2.35. The van der Waals surface area contributed by atoms with E-state index in [-0.39, 0.29) is 29.7 Å². The zero-order valence-corrected chi connectivity index (χ0v) is 15.4. The van der Waals surface area contributed by atoms with Gasteiger partial charge in [0.2, 0.25) is 11.8 Å². The van der Waals surface area contributed by atoms with Crippen molar-refractivity contribution >= 4 is 17.8 Å². The standard InChI is InChI=1S/C19H27N3O4/c1-13(20-17(23)14-5-3-6-14)18(24)21-11-8-15(9-12-21)22-10-4-7-16(22)19(25)26-2/h4,7,10,13-15H,3,5-6,8-9,11-12H2,1-2H3,(H,20,23)/t13-/m1/s1. The second kappa shape index (κ2) is 7.93. The molecule has 26 heavy (non-hydrogen) atoms. The van der Waals surface area contributed by atoms with Crippen molar-refractivity contribution < 1.29 is 19.1 Å². The molecule has 142 valence electrons. The van der Waals surface area contributed by atoms with E-state index in [1.54, 1.807) is 13.0 Å². The number of nitrogens with one attached hydrogen (secondary N) is 1. The molecule has 1 saturated carbocycles. The molecule has 7 heteroatoms. The van der Waals surface area contributed by atoms with Gasteiger partial charge in [0.15, 0.2) is 0 Å². The Bertz CT molecular complexity index is 672. The number of likely N-dealkylation sites (tertiary alicyclic amines) is 1. The number of aromatic nitrogens is 1. The van der Waals surface area contributed by atoms with E-state index in [9.17, 15) is 14.4 Å². The predicted molar refractivity (Wildman–Crippen MR) is 95.6 cm³/mol. The first-order chi connectivity index (χ1) is 12.5. The average Bonchev–Trinajstić information content (AvgIpc) is 3.08. The van der Waals surface area contributed by atoms with E-state index in [4.69, 9.17) is 4.74 Å². The van der Waals surface area contributed by atoms with E-state index in [0.29, 0.717) is 18.8 Å². The van der Waals surface area contributed by atoms with E-state index in [1.807, 2.05) is 21.7 Å². The maximum Gasteiger partial charge on any atom is 0.354 e. The SMILES string of the molecule is COC(=O)c1cccn1C1CCN(C(=O)[C@@H](C)NC(=O)C2CCC2)CC1. The van der Waals surface area contributed by atoms with Crippen molar-refractivity contribution in [1.29, 1.82) is 0 Å². The first kappa shape index (κ1) is 18.5. The normalized spacial score (nSPS) is 19.5. The van der Waals surface area contributed by atoms with Crippen LogP contribution in [-0.4, -0.2) is 53.5 Å². The molecule has 2 aliphatic rings. The molecule has 2 amide bonds. The quantitative estimate of drug-likeness (QED) is 0.810. The van der Waals surface area contributed by atoms with Gasteiger partial charge >= 0.3 is 5.97 Å². The number of rotatable bonds is 5. The lowest BCUT2D eigenvalue weighted by molar-refractivity contribution is -0.138. The van der Waals surface area contributed by atoms with Crippen LogP contribution in [0, 0.1) is 5.92 Å². The van der Waals surface area contributed by atoms with Gasteiger partial charge < -0.3 is 19.5 Å². The molecule has 0 unspecified atom stereocenters. The molecule has 0 radical (unpaired) electrons. The minimum Gasteiger partial charge on any atom is -0.464 e. The van der Waals surface area contributed by atoms with Gasteiger partial charge in [-0.3, -0.25) is 9.59 Å². The van der Waals surface area contributed by atoms with Gasteiger partial charge in [0.05, 0.1) is 7.11 Å². The van der Waals surface area contributed by atoms with E-state index in [2.05, 4.69) is 5.32 Å². The molecule has 1 atom stereocenters. The molecule has 1 saturated heterocycles. The summed E-state index contributed by atoms with van der Waals surface area (Å²) < 4.78 is 6.76. The van der Waals surface area contributed by atoms with E-state index in [1.165, 1.54) is 7.11 Å². The highest BCUT2D eigenvalue weighted by atomic mass is 16.5. The van der Waals surface area contributed by atoms with Crippen LogP contribution in [-0.2, 0) is 14.3 Å². The number of hydrogen-bond acceptors (Lipinski definition) is 4. The number of carbonyl (C=O) groups excluding carboxylic acids is 3. The number of amides is 2. The fraction of sp³-hybridized carbons (Fsp3) is 0.632. The highest BCUT2D eigenvalue weighted by Gasteiger charge is 2.31. The van der Waals surface area contributed by atoms with Crippen LogP contribution >= 0.6 is 0 Å². The second-order valence-corrected chi connectivity index (χ2v) is 7.21. The number of methoxy groups -OCH3 is 1. The third kappa shape index (κ3) is 3.76. The number of esters is 1. The summed E-state index contributed by atoms with van der Waals surface area (Å²) >= 11 is 0. The van der Waals surface area contributed by atoms with Crippen LogP contribution in [0.1, 0.15) is 55.6 Å². The Labute approximate surface area is 153 Å². The molecule has 1 N–H and O–H groups in total. The molecule has 1 aromatic heterocycles. The summed E-state index contributed by atoms with van der Waals surface area (Å²) in [6.45, 7) is 2.99. The minimum absolute atomic E-state index is 0.00190. The van der Waals surface area contributed by atoms with Crippen LogP contribution in [0.2, 0.25) is 0 Å². The lowest BCUT2D eigenvalue weighted by Crippen LogP contribution is -2.51. The molecular formula is C19H27N3O4. The number of ether oxygens (including phenoxy) is 1. The second-order valence-electron chi connectivity index (χ2n) is 7.21. The van der Waals surface area contributed by atoms with Crippen LogP contribution in [0.15, 0.2) is 18.3 Å². The molecule has 2 heterocycles. The van der Waals surface area contributed by atoms with Gasteiger partial charge in [0.1, 0.15) is 11.7 Å². The largest absolute Gasteiger partial charge is 0.464 e. The summed E-state index contributed by atoms with van der Waals surface area (Å²) in [6.07, 6.45) is 6.38. The van der Waals surface area contributed by atoms with Gasteiger partial charge in [-0.15, -0.1) is 0 Å². The summed E-state index contributed by atoms with van der Waals surface area (Å²) in [5, 5.41) is 2.85. The fourth-order valence-corrected chi connectivity index (χ4v) is 3.69. The van der Waals surface area contributed by atoms with Crippen LogP contribution in [0.5, 0.6) is 0 Å². The number of hydrogen-bond donors (Lipinski definition) is 1. The Morgan fingerprint density at radius 2 is 1.88 bits per heavy atom. The molecule has 1 aromatic rings. The van der Waals surface area contributed by atoms with Gasteiger partial charge in [-0.05, 0) is 44.7 Å². The third-order valence-electron chi connectivity index (χ3n) is 5.55. The molecular weight excluding hydrogens is 334 g/mol. The predicted octanol–water partition coefficient (Wildman–Crippen LogP) is 1.74. The van der Waals surface area contributed by atoms with Crippen LogP contribution in [0.25, 0.3) is 0 Å². The molecule has 1 aliphatic heterocycles. The number of nitrogens with zero attached hydrogens (tertiary/aromatic N) is 2. The van der Waals surface area contributed by atoms with Crippen molar-refractivity contribution in [3.63, 3.8) is 0 Å². The van der Waals surface area contributed by atoms with Gasteiger partial charge in [-0.25, -0.2) is 4.79 Å². The number of piperidine rings is 1. The van der Waals surface area contributed by atoms with Gasteiger partial charge in [0, 0.05) is 31.2 Å². The molecule has 2 fully saturated rings. The highest BCUT2D eigenvalue weighted by Crippen LogP contribution is 2.27. The Hall–Kier alpha value is -2.31. The molecule has 0 spiro atoms. The van der Waals surface area contributed by atoms with Crippen LogP contribution in [0.3, 0.4) is 0 Å². The van der Waals surface area contributed by atoms with Gasteiger partial charge in [0.25, 0.3) is 0 Å². The van der Waals surface area contributed by atoms with Crippen molar-refractivity contribution in [2.24, 2.45) is 5.92 Å². The number of carbonyl (C=O) groups is 3. The fourth-order valence-electron chi connectivity index (χ4n) is 3.69. The Kier molecular flexibility index (Phi) is 5.64. The summed E-state index contributed by atoms with van der Waals surface area (Å²) in [5.74, 6) is -0.291. The van der Waals surface area contributed by atoms with Gasteiger partial charge in [-0.2, -0.15) is 0 Å². The van der Waals surface area contributed by atoms with Crippen LogP contribution < -0.4 is 5.32 Å². The average molecular weight is 361 g/mol. The van der Waals surface area contributed by atoms with Crippen molar-refractivity contribution in [2.75, 3.05) is 20.2 Å². The van der Waals surface area contributed by atoms with E-state index in [0.717, 1.165) is 32.1 Å². The minimum atomic E-state index is -0.489. The molecule has 0 aromatic carbocycles. The van der Waals surface area contributed by atoms with Crippen molar-refractivity contribution in [3.8, 4) is 0 Å². The molecule has 0 bridgehead atoms. The van der Waals surface area contributed by atoms with Crippen molar-refractivity contribution in [3.05, 3.63) is 24.0 Å². The monoisotopic (exact) mass is 361 g/mol. The maximum atomic E-state index is 12.6. The topological polar surface area (TPSA) is 80.6 Å². The molecule has 1 aliphatic carbocycles. The Morgan fingerprint density at radius 1 is 1.19 bits per heavy atom. The summed E-state index contributed by atoms with van der Waals surface area (Å²) in [4.78, 5) is 38.3.